The molecule has 0 aliphatic carbocycles. The number of aromatic nitrogens is 4. The fraction of sp³-hybridized carbons (Fsp3) is 0. The van der Waals surface area contributed by atoms with Crippen molar-refractivity contribution < 1.29 is 4.79 Å². The summed E-state index contributed by atoms with van der Waals surface area (Å²) >= 11 is 0. The van der Waals surface area contributed by atoms with Gasteiger partial charge in [0.25, 0.3) is 5.91 Å². The SMILES string of the molecule is O=C(Nn1cnc2ncncc21)c1ccccc1. The second kappa shape index (κ2) is 4.25. The number of imidazole rings is 1. The molecule has 2 heterocycles. The van der Waals surface area contributed by atoms with Gasteiger partial charge in [0, 0.05) is 5.56 Å². The summed E-state index contributed by atoms with van der Waals surface area (Å²) in [5.74, 6) is -0.209. The predicted octanol–water partition coefficient (Wildman–Crippen LogP) is 1.21. The quantitative estimate of drug-likeness (QED) is 0.729. The molecule has 1 aromatic carbocycles. The van der Waals surface area contributed by atoms with Gasteiger partial charge in [-0.3, -0.25) is 10.2 Å². The van der Waals surface area contributed by atoms with E-state index in [2.05, 4.69) is 20.4 Å². The van der Waals surface area contributed by atoms with Gasteiger partial charge in [0.05, 0.1) is 6.20 Å². The molecule has 1 amide bonds. The van der Waals surface area contributed by atoms with Crippen LogP contribution in [0.4, 0.5) is 0 Å². The number of hydrogen-bond donors (Lipinski definition) is 1. The summed E-state index contributed by atoms with van der Waals surface area (Å²) in [6, 6.07) is 8.96. The molecule has 3 aromatic rings. The average Bonchev–Trinajstić information content (AvgIpc) is 2.83. The van der Waals surface area contributed by atoms with Gasteiger partial charge in [0.2, 0.25) is 0 Å². The Balaban J connectivity index is 1.91. The number of amides is 1. The summed E-state index contributed by atoms with van der Waals surface area (Å²) < 4.78 is 1.50. The zero-order chi connectivity index (χ0) is 12.4. The van der Waals surface area contributed by atoms with Crippen LogP contribution in [0.5, 0.6) is 0 Å². The lowest BCUT2D eigenvalue weighted by molar-refractivity contribution is 0.101. The Morgan fingerprint density at radius 3 is 2.83 bits per heavy atom. The molecule has 3 rings (SSSR count). The van der Waals surface area contributed by atoms with Gasteiger partial charge < -0.3 is 0 Å². The van der Waals surface area contributed by atoms with Crippen molar-refractivity contribution in [2.75, 3.05) is 5.43 Å². The zero-order valence-electron chi connectivity index (χ0n) is 9.32. The van der Waals surface area contributed by atoms with E-state index in [4.69, 9.17) is 0 Å². The van der Waals surface area contributed by atoms with Crippen LogP contribution in [0, 0.1) is 0 Å². The number of carbonyl (C=O) groups is 1. The number of rotatable bonds is 2. The molecular weight excluding hydrogens is 230 g/mol. The van der Waals surface area contributed by atoms with Gasteiger partial charge in [-0.15, -0.1) is 0 Å². The molecule has 0 spiro atoms. The summed E-state index contributed by atoms with van der Waals surface area (Å²) in [4.78, 5) is 23.9. The molecule has 0 atom stereocenters. The molecule has 0 fully saturated rings. The van der Waals surface area contributed by atoms with Crippen molar-refractivity contribution in [2.24, 2.45) is 0 Å². The first-order chi connectivity index (χ1) is 8.84. The highest BCUT2D eigenvalue weighted by Crippen LogP contribution is 2.06. The molecule has 88 valence electrons. The van der Waals surface area contributed by atoms with Crippen LogP contribution in [-0.2, 0) is 0 Å². The highest BCUT2D eigenvalue weighted by Gasteiger charge is 2.08. The van der Waals surface area contributed by atoms with Crippen LogP contribution in [-0.4, -0.2) is 25.5 Å². The molecule has 18 heavy (non-hydrogen) atoms. The number of fused-ring (bicyclic) bond motifs is 1. The maximum absolute atomic E-state index is 12.0. The van der Waals surface area contributed by atoms with E-state index in [-0.39, 0.29) is 5.91 Å². The Hall–Kier alpha value is -2.76. The zero-order valence-corrected chi connectivity index (χ0v) is 9.32. The molecule has 0 unspecified atom stereocenters. The maximum Gasteiger partial charge on any atom is 0.270 e. The third-order valence-electron chi connectivity index (χ3n) is 2.49. The number of benzene rings is 1. The topological polar surface area (TPSA) is 72.7 Å². The van der Waals surface area contributed by atoms with Crippen LogP contribution in [0.25, 0.3) is 11.2 Å². The number of nitrogens with one attached hydrogen (secondary N) is 1. The Labute approximate surface area is 102 Å². The number of carbonyl (C=O) groups excluding carboxylic acids is 1. The standard InChI is InChI=1S/C12H9N5O/c18-12(9-4-2-1-3-5-9)16-17-8-15-11-10(17)6-13-7-14-11/h1-8H,(H,16,18). The van der Waals surface area contributed by atoms with E-state index in [0.717, 1.165) is 0 Å². The molecule has 0 radical (unpaired) electrons. The second-order valence-corrected chi connectivity index (χ2v) is 3.65. The van der Waals surface area contributed by atoms with Gasteiger partial charge in [0.15, 0.2) is 5.65 Å². The Kier molecular flexibility index (Phi) is 2.45. The van der Waals surface area contributed by atoms with Crippen molar-refractivity contribution in [1.29, 1.82) is 0 Å². The lowest BCUT2D eigenvalue weighted by Crippen LogP contribution is -2.21. The number of hydrogen-bond acceptors (Lipinski definition) is 4. The van der Waals surface area contributed by atoms with Crippen molar-refractivity contribution in [3.05, 3.63) is 54.7 Å². The van der Waals surface area contributed by atoms with E-state index in [1.807, 2.05) is 18.2 Å². The van der Waals surface area contributed by atoms with Crippen molar-refractivity contribution in [3.63, 3.8) is 0 Å². The van der Waals surface area contributed by atoms with E-state index in [1.165, 1.54) is 17.3 Å². The minimum Gasteiger partial charge on any atom is -0.267 e. The lowest BCUT2D eigenvalue weighted by atomic mass is 10.2. The van der Waals surface area contributed by atoms with Crippen molar-refractivity contribution in [2.45, 2.75) is 0 Å². The van der Waals surface area contributed by atoms with Crippen LogP contribution in [0.3, 0.4) is 0 Å². The normalized spacial score (nSPS) is 10.4. The van der Waals surface area contributed by atoms with Crippen molar-refractivity contribution in [3.8, 4) is 0 Å². The van der Waals surface area contributed by atoms with Crippen molar-refractivity contribution in [1.82, 2.24) is 19.6 Å². The molecule has 0 saturated carbocycles. The molecule has 0 aliphatic heterocycles. The molecule has 1 N–H and O–H groups in total. The largest absolute Gasteiger partial charge is 0.270 e. The minimum absolute atomic E-state index is 0.209. The first-order valence-corrected chi connectivity index (χ1v) is 5.34. The molecule has 6 heteroatoms. The Morgan fingerprint density at radius 2 is 2.00 bits per heavy atom. The van der Waals surface area contributed by atoms with Crippen LogP contribution in [0.1, 0.15) is 10.4 Å². The Morgan fingerprint density at radius 1 is 1.17 bits per heavy atom. The van der Waals surface area contributed by atoms with E-state index >= 15 is 0 Å². The maximum atomic E-state index is 12.0. The summed E-state index contributed by atoms with van der Waals surface area (Å²) in [6.45, 7) is 0. The van der Waals surface area contributed by atoms with Gasteiger partial charge in [-0.05, 0) is 12.1 Å². The third kappa shape index (κ3) is 1.80. The molecule has 2 aromatic heterocycles. The molecule has 0 saturated heterocycles. The van der Waals surface area contributed by atoms with Gasteiger partial charge in [-0.1, -0.05) is 18.2 Å². The minimum atomic E-state index is -0.209. The van der Waals surface area contributed by atoms with Gasteiger partial charge in [-0.25, -0.2) is 19.6 Å². The first-order valence-electron chi connectivity index (χ1n) is 5.34. The van der Waals surface area contributed by atoms with Crippen LogP contribution < -0.4 is 5.43 Å². The van der Waals surface area contributed by atoms with E-state index in [9.17, 15) is 4.79 Å². The molecule has 0 aliphatic rings. The summed E-state index contributed by atoms with van der Waals surface area (Å²) in [5, 5.41) is 0. The van der Waals surface area contributed by atoms with Gasteiger partial charge >= 0.3 is 0 Å². The molecule has 6 nitrogen and oxygen atoms in total. The second-order valence-electron chi connectivity index (χ2n) is 3.65. The molecule has 0 bridgehead atoms. The lowest BCUT2D eigenvalue weighted by Gasteiger charge is -2.06. The monoisotopic (exact) mass is 239 g/mol. The van der Waals surface area contributed by atoms with Gasteiger partial charge in [-0.2, -0.15) is 0 Å². The van der Waals surface area contributed by atoms with Crippen LogP contribution >= 0.6 is 0 Å². The summed E-state index contributed by atoms with van der Waals surface area (Å²) in [7, 11) is 0. The van der Waals surface area contributed by atoms with E-state index < -0.39 is 0 Å². The fourth-order valence-electron chi connectivity index (χ4n) is 1.61. The van der Waals surface area contributed by atoms with E-state index in [1.54, 1.807) is 18.3 Å². The highest BCUT2D eigenvalue weighted by atomic mass is 16.2. The average molecular weight is 239 g/mol. The smallest absolute Gasteiger partial charge is 0.267 e. The highest BCUT2D eigenvalue weighted by molar-refractivity contribution is 6.00. The van der Waals surface area contributed by atoms with Gasteiger partial charge in [0.1, 0.15) is 18.2 Å². The number of nitrogens with zero attached hydrogens (tertiary/aromatic N) is 4. The summed E-state index contributed by atoms with van der Waals surface area (Å²) in [6.07, 6.45) is 4.51. The summed E-state index contributed by atoms with van der Waals surface area (Å²) in [5.41, 5.74) is 4.49. The third-order valence-corrected chi connectivity index (χ3v) is 2.49. The van der Waals surface area contributed by atoms with Crippen LogP contribution in [0.15, 0.2) is 49.2 Å². The Bertz CT molecular complexity index is 692. The fourth-order valence-corrected chi connectivity index (χ4v) is 1.61. The van der Waals surface area contributed by atoms with Crippen molar-refractivity contribution >= 4 is 17.1 Å². The predicted molar refractivity (Wildman–Crippen MR) is 65.5 cm³/mol. The molecular formula is C12H9N5O. The van der Waals surface area contributed by atoms with E-state index in [0.29, 0.717) is 16.7 Å². The van der Waals surface area contributed by atoms with Crippen LogP contribution in [0.2, 0.25) is 0 Å². The first kappa shape index (κ1) is 10.4.